The number of hydrogen-bond donors (Lipinski definition) is 3. The molecule has 190 valence electrons. The second-order valence-corrected chi connectivity index (χ2v) is 9.73. The Morgan fingerprint density at radius 2 is 1.83 bits per heavy atom. The maximum Gasteiger partial charge on any atom is 0.137 e. The van der Waals surface area contributed by atoms with Crippen LogP contribution < -0.4 is 9.47 Å². The molecule has 5 atom stereocenters. The summed E-state index contributed by atoms with van der Waals surface area (Å²) in [7, 11) is 0. The fourth-order valence-corrected chi connectivity index (χ4v) is 4.93. The Morgan fingerprint density at radius 3 is 2.61 bits per heavy atom. The minimum absolute atomic E-state index is 0.157. The van der Waals surface area contributed by atoms with Gasteiger partial charge in [0.2, 0.25) is 0 Å². The van der Waals surface area contributed by atoms with Gasteiger partial charge in [-0.2, -0.15) is 0 Å². The summed E-state index contributed by atoms with van der Waals surface area (Å²) in [6.07, 6.45) is -2.11. The summed E-state index contributed by atoms with van der Waals surface area (Å²) < 4.78 is 30.9. The predicted octanol–water partition coefficient (Wildman–Crippen LogP) is 4.00. The van der Waals surface area contributed by atoms with Crippen LogP contribution in [0.25, 0.3) is 0 Å². The summed E-state index contributed by atoms with van der Waals surface area (Å²) in [5, 5.41) is 30.2. The van der Waals surface area contributed by atoms with E-state index < -0.39 is 24.4 Å². The number of ether oxygens (including phenoxy) is 3. The van der Waals surface area contributed by atoms with E-state index in [1.165, 1.54) is 12.1 Å². The van der Waals surface area contributed by atoms with E-state index in [0.29, 0.717) is 36.0 Å². The van der Waals surface area contributed by atoms with Crippen molar-refractivity contribution in [1.82, 2.24) is 0 Å². The minimum atomic E-state index is -1.11. The Balaban J connectivity index is 1.20. The van der Waals surface area contributed by atoms with Crippen LogP contribution in [0.1, 0.15) is 34.8 Å². The normalized spacial score (nSPS) is 25.3. The van der Waals surface area contributed by atoms with E-state index in [0.717, 1.165) is 22.3 Å². The molecule has 6 nitrogen and oxygen atoms in total. The van der Waals surface area contributed by atoms with Gasteiger partial charge in [0.05, 0.1) is 18.8 Å². The lowest BCUT2D eigenvalue weighted by molar-refractivity contribution is -0.181. The van der Waals surface area contributed by atoms with Crippen LogP contribution in [0, 0.1) is 5.82 Å². The molecule has 36 heavy (non-hydrogen) atoms. The Morgan fingerprint density at radius 1 is 1.03 bits per heavy atom. The highest BCUT2D eigenvalue weighted by atomic mass is 35.5. The topological polar surface area (TPSA) is 88.4 Å². The molecule has 0 amide bonds. The molecule has 0 aliphatic carbocycles. The number of aliphatic hydroxyl groups is 3. The molecule has 1 fully saturated rings. The van der Waals surface area contributed by atoms with Gasteiger partial charge in [-0.15, -0.1) is 0 Å². The summed E-state index contributed by atoms with van der Waals surface area (Å²) in [6, 6.07) is 17.8. The summed E-state index contributed by atoms with van der Waals surface area (Å²) in [6.45, 7) is -0.0117. The van der Waals surface area contributed by atoms with Crippen LogP contribution in [0.15, 0.2) is 60.7 Å². The van der Waals surface area contributed by atoms with E-state index in [9.17, 15) is 19.7 Å². The third-order valence-corrected chi connectivity index (χ3v) is 7.08. The number of rotatable bonds is 7. The van der Waals surface area contributed by atoms with Crippen LogP contribution in [0.2, 0.25) is 5.02 Å². The van der Waals surface area contributed by atoms with Crippen LogP contribution in [0.4, 0.5) is 4.39 Å². The van der Waals surface area contributed by atoms with Crippen LogP contribution in [0.3, 0.4) is 0 Å². The average molecular weight is 515 g/mol. The van der Waals surface area contributed by atoms with Crippen LogP contribution in [-0.4, -0.2) is 52.9 Å². The van der Waals surface area contributed by atoms with Crippen molar-refractivity contribution < 1.29 is 33.9 Å². The molecule has 2 heterocycles. The monoisotopic (exact) mass is 514 g/mol. The number of benzene rings is 3. The molecule has 8 heteroatoms. The molecule has 0 aromatic heterocycles. The van der Waals surface area contributed by atoms with Gasteiger partial charge in [0, 0.05) is 23.4 Å². The zero-order valence-corrected chi connectivity index (χ0v) is 20.3. The lowest BCUT2D eigenvalue weighted by Gasteiger charge is -2.36. The van der Waals surface area contributed by atoms with E-state index in [-0.39, 0.29) is 24.9 Å². The van der Waals surface area contributed by atoms with Crippen molar-refractivity contribution in [2.45, 2.75) is 49.8 Å². The Hall–Kier alpha value is -2.68. The molecule has 0 radical (unpaired) electrons. The number of hydrogen-bond acceptors (Lipinski definition) is 6. The fourth-order valence-electron chi connectivity index (χ4n) is 4.74. The van der Waals surface area contributed by atoms with Crippen molar-refractivity contribution in [3.05, 3.63) is 93.8 Å². The van der Waals surface area contributed by atoms with E-state index in [1.807, 2.05) is 36.4 Å². The molecule has 3 aromatic rings. The molecule has 2 aliphatic heterocycles. The predicted molar refractivity (Wildman–Crippen MR) is 132 cm³/mol. The van der Waals surface area contributed by atoms with Gasteiger partial charge < -0.3 is 29.5 Å². The highest BCUT2D eigenvalue weighted by Gasteiger charge is 2.37. The van der Waals surface area contributed by atoms with E-state index in [2.05, 4.69) is 0 Å². The van der Waals surface area contributed by atoms with Crippen molar-refractivity contribution in [2.75, 3.05) is 13.2 Å². The number of halogens is 2. The first-order valence-corrected chi connectivity index (χ1v) is 12.3. The van der Waals surface area contributed by atoms with Gasteiger partial charge in [-0.25, -0.2) is 4.39 Å². The van der Waals surface area contributed by atoms with Gasteiger partial charge in [0.25, 0.3) is 0 Å². The van der Waals surface area contributed by atoms with Gasteiger partial charge in [-0.05, 0) is 59.5 Å². The second-order valence-electron chi connectivity index (χ2n) is 9.32. The summed E-state index contributed by atoms with van der Waals surface area (Å²) >= 11 is 6.46. The molecule has 3 aromatic carbocycles. The molecular formula is C28H28ClFO6. The van der Waals surface area contributed by atoms with Gasteiger partial charge in [-0.1, -0.05) is 35.9 Å². The molecule has 0 spiro atoms. The smallest absolute Gasteiger partial charge is 0.137 e. The first kappa shape index (κ1) is 25.0. The molecule has 2 aliphatic rings. The lowest BCUT2D eigenvalue weighted by Crippen LogP contribution is -2.47. The Labute approximate surface area is 213 Å². The largest absolute Gasteiger partial charge is 0.490 e. The van der Waals surface area contributed by atoms with Crippen molar-refractivity contribution >= 4 is 11.6 Å². The SMILES string of the molecule is OC[C@H]1O[C@@H](c2ccc(Cl)c(Cc3ccc(OCC4Cc5cc(F)ccc5O4)cc3)c2)C[C@@H](O)[C@@H]1O. The Bertz CT molecular complexity index is 1200. The summed E-state index contributed by atoms with van der Waals surface area (Å²) in [5.41, 5.74) is 3.62. The quantitative estimate of drug-likeness (QED) is 0.442. The van der Waals surface area contributed by atoms with E-state index in [1.54, 1.807) is 12.1 Å². The third kappa shape index (κ3) is 5.51. The Kier molecular flexibility index (Phi) is 7.46. The molecule has 3 N–H and O–H groups in total. The zero-order chi connectivity index (χ0) is 25.2. The molecule has 0 saturated carbocycles. The maximum atomic E-state index is 13.4. The number of aliphatic hydroxyl groups excluding tert-OH is 3. The van der Waals surface area contributed by atoms with Crippen molar-refractivity contribution in [1.29, 1.82) is 0 Å². The molecule has 5 rings (SSSR count). The summed E-state index contributed by atoms with van der Waals surface area (Å²) in [4.78, 5) is 0. The minimum Gasteiger partial charge on any atom is -0.490 e. The van der Waals surface area contributed by atoms with Crippen LogP contribution in [0.5, 0.6) is 11.5 Å². The maximum absolute atomic E-state index is 13.4. The standard InChI is InChI=1S/C28H28ClFO6/c29-23-7-3-17(26-13-24(32)28(33)27(14-31)36-26)10-18(23)9-16-1-5-21(6-2-16)34-15-22-12-19-11-20(30)4-8-25(19)35-22/h1-8,10-11,22,24,26-28,31-33H,9,12-15H2/t22?,24-,26-,27-,28+/m1/s1. The van der Waals surface area contributed by atoms with Gasteiger partial charge >= 0.3 is 0 Å². The highest BCUT2D eigenvalue weighted by molar-refractivity contribution is 6.31. The number of fused-ring (bicyclic) bond motifs is 1. The average Bonchev–Trinajstić information content (AvgIpc) is 3.28. The third-order valence-electron chi connectivity index (χ3n) is 6.71. The zero-order valence-electron chi connectivity index (χ0n) is 19.5. The van der Waals surface area contributed by atoms with Crippen LogP contribution in [-0.2, 0) is 17.6 Å². The van der Waals surface area contributed by atoms with E-state index in [4.69, 9.17) is 25.8 Å². The van der Waals surface area contributed by atoms with Crippen molar-refractivity contribution in [3.63, 3.8) is 0 Å². The highest BCUT2D eigenvalue weighted by Crippen LogP contribution is 2.34. The molecule has 1 unspecified atom stereocenters. The van der Waals surface area contributed by atoms with Crippen molar-refractivity contribution in [3.8, 4) is 11.5 Å². The van der Waals surface area contributed by atoms with Crippen LogP contribution >= 0.6 is 11.6 Å². The second kappa shape index (κ2) is 10.7. The van der Waals surface area contributed by atoms with Gasteiger partial charge in [0.1, 0.15) is 42.2 Å². The molecule has 1 saturated heterocycles. The van der Waals surface area contributed by atoms with Gasteiger partial charge in [0.15, 0.2) is 0 Å². The first-order valence-electron chi connectivity index (χ1n) is 12.0. The van der Waals surface area contributed by atoms with Gasteiger partial charge in [-0.3, -0.25) is 0 Å². The fraction of sp³-hybridized carbons (Fsp3) is 0.357. The first-order chi connectivity index (χ1) is 17.4. The van der Waals surface area contributed by atoms with E-state index >= 15 is 0 Å². The molecule has 0 bridgehead atoms. The molecular weight excluding hydrogens is 487 g/mol. The van der Waals surface area contributed by atoms with Crippen molar-refractivity contribution in [2.24, 2.45) is 0 Å². The lowest BCUT2D eigenvalue weighted by atomic mass is 9.92. The summed E-state index contributed by atoms with van der Waals surface area (Å²) in [5.74, 6) is 1.15.